The maximum absolute atomic E-state index is 12.2. The highest BCUT2D eigenvalue weighted by molar-refractivity contribution is 7.14. The molecule has 1 aromatic heterocycles. The lowest BCUT2D eigenvalue weighted by Crippen LogP contribution is -2.36. The number of carbonyl (C=O) groups is 5. The normalized spacial score (nSPS) is 12.7. The number of imide groups is 1. The number of rotatable bonds is 6. The number of carbonyl (C=O) groups excluding carboxylic acids is 5. The summed E-state index contributed by atoms with van der Waals surface area (Å²) in [6.07, 6.45) is 0. The zero-order chi connectivity index (χ0) is 19.6. The van der Waals surface area contributed by atoms with E-state index in [9.17, 15) is 24.0 Å². The molecule has 0 unspecified atom stereocenters. The molecule has 2 heterocycles. The fourth-order valence-electron chi connectivity index (χ4n) is 2.47. The Balaban J connectivity index is 1.54. The number of nitrogens with two attached hydrogens (primary N) is 1. The summed E-state index contributed by atoms with van der Waals surface area (Å²) in [5.41, 5.74) is 5.74. The maximum Gasteiger partial charge on any atom is 0.326 e. The lowest BCUT2D eigenvalue weighted by molar-refractivity contribution is -0.147. The first-order valence-electron chi connectivity index (χ1n) is 7.66. The Morgan fingerprint density at radius 2 is 1.70 bits per heavy atom. The fraction of sp³-hybridized carbons (Fsp3) is 0.118. The van der Waals surface area contributed by atoms with Gasteiger partial charge in [-0.1, -0.05) is 12.1 Å². The van der Waals surface area contributed by atoms with Crippen molar-refractivity contribution in [2.24, 2.45) is 5.73 Å². The Morgan fingerprint density at radius 1 is 1.07 bits per heavy atom. The molecule has 4 amide bonds. The van der Waals surface area contributed by atoms with E-state index in [1.54, 1.807) is 17.5 Å². The summed E-state index contributed by atoms with van der Waals surface area (Å²) in [6.45, 7) is -1.25. The zero-order valence-corrected chi connectivity index (χ0v) is 14.6. The molecule has 0 fully saturated rings. The van der Waals surface area contributed by atoms with Crippen LogP contribution in [0.1, 0.15) is 31.1 Å². The molecule has 0 spiro atoms. The Hall–Kier alpha value is -3.53. The van der Waals surface area contributed by atoms with E-state index < -0.39 is 42.7 Å². The molecule has 27 heavy (non-hydrogen) atoms. The van der Waals surface area contributed by atoms with E-state index >= 15 is 0 Å². The number of hydrogen-bond acceptors (Lipinski definition) is 7. The summed E-state index contributed by atoms with van der Waals surface area (Å²) in [7, 11) is 0. The van der Waals surface area contributed by atoms with Gasteiger partial charge in [0.2, 0.25) is 0 Å². The van der Waals surface area contributed by atoms with Crippen molar-refractivity contribution in [3.05, 3.63) is 52.4 Å². The summed E-state index contributed by atoms with van der Waals surface area (Å²) in [5.74, 6) is -3.49. The van der Waals surface area contributed by atoms with Crippen LogP contribution in [-0.4, -0.2) is 47.6 Å². The predicted molar refractivity (Wildman–Crippen MR) is 94.2 cm³/mol. The molecule has 0 aliphatic carbocycles. The number of primary amides is 1. The van der Waals surface area contributed by atoms with Crippen LogP contribution in [0.2, 0.25) is 0 Å². The van der Waals surface area contributed by atoms with Crippen molar-refractivity contribution in [2.45, 2.75) is 0 Å². The van der Waals surface area contributed by atoms with Crippen LogP contribution in [0, 0.1) is 0 Å². The molecule has 0 bridgehead atoms. The lowest BCUT2D eigenvalue weighted by Gasteiger charge is -2.13. The molecule has 3 N–H and O–H groups in total. The maximum atomic E-state index is 12.2. The van der Waals surface area contributed by atoms with E-state index in [-0.39, 0.29) is 21.7 Å². The van der Waals surface area contributed by atoms with Crippen LogP contribution in [0.5, 0.6) is 0 Å². The van der Waals surface area contributed by atoms with Crippen LogP contribution < -0.4 is 11.1 Å². The number of amides is 4. The quantitative estimate of drug-likeness (QED) is 0.551. The minimum atomic E-state index is -0.916. The molecular formula is C17H13N3O6S. The first kappa shape index (κ1) is 18.3. The average Bonchev–Trinajstić information content (AvgIpc) is 3.19. The Bertz CT molecular complexity index is 932. The molecule has 1 aliphatic heterocycles. The monoisotopic (exact) mass is 387 g/mol. The number of esters is 1. The van der Waals surface area contributed by atoms with Gasteiger partial charge in [0.15, 0.2) is 6.61 Å². The molecule has 0 saturated carbocycles. The van der Waals surface area contributed by atoms with Crippen LogP contribution in [0.4, 0.5) is 5.00 Å². The zero-order valence-electron chi connectivity index (χ0n) is 13.8. The van der Waals surface area contributed by atoms with E-state index in [4.69, 9.17) is 10.5 Å². The van der Waals surface area contributed by atoms with E-state index in [0.29, 0.717) is 0 Å². The number of nitrogens with one attached hydrogen (secondary N) is 1. The molecule has 0 atom stereocenters. The van der Waals surface area contributed by atoms with Gasteiger partial charge >= 0.3 is 5.97 Å². The molecule has 10 heteroatoms. The number of ether oxygens (including phenoxy) is 1. The van der Waals surface area contributed by atoms with Crippen molar-refractivity contribution >= 4 is 45.9 Å². The van der Waals surface area contributed by atoms with Crippen LogP contribution in [0.3, 0.4) is 0 Å². The number of fused-ring (bicyclic) bond motifs is 1. The van der Waals surface area contributed by atoms with Crippen LogP contribution >= 0.6 is 11.3 Å². The molecule has 0 saturated heterocycles. The molecular weight excluding hydrogens is 374 g/mol. The molecule has 2 aromatic rings. The molecule has 138 valence electrons. The third-order valence-electron chi connectivity index (χ3n) is 3.71. The van der Waals surface area contributed by atoms with Crippen LogP contribution in [0.25, 0.3) is 0 Å². The van der Waals surface area contributed by atoms with Gasteiger partial charge in [-0.3, -0.25) is 28.9 Å². The summed E-state index contributed by atoms with van der Waals surface area (Å²) < 4.78 is 4.80. The number of hydrogen-bond donors (Lipinski definition) is 2. The average molecular weight is 387 g/mol. The number of anilines is 1. The molecule has 9 nitrogen and oxygen atoms in total. The Kier molecular flexibility index (Phi) is 4.99. The highest BCUT2D eigenvalue weighted by atomic mass is 32.1. The van der Waals surface area contributed by atoms with Gasteiger partial charge < -0.3 is 15.8 Å². The number of nitrogens with zero attached hydrogens (tertiary/aromatic N) is 1. The van der Waals surface area contributed by atoms with Crippen LogP contribution in [-0.2, 0) is 14.3 Å². The van der Waals surface area contributed by atoms with Gasteiger partial charge in [-0.2, -0.15) is 0 Å². The van der Waals surface area contributed by atoms with Gasteiger partial charge in [-0.25, -0.2) is 0 Å². The Morgan fingerprint density at radius 3 is 2.30 bits per heavy atom. The van der Waals surface area contributed by atoms with Crippen LogP contribution in [0.15, 0.2) is 35.7 Å². The molecule has 1 aromatic carbocycles. The lowest BCUT2D eigenvalue weighted by atomic mass is 10.1. The van der Waals surface area contributed by atoms with E-state index in [2.05, 4.69) is 5.32 Å². The first-order valence-corrected chi connectivity index (χ1v) is 8.54. The second-order valence-corrected chi connectivity index (χ2v) is 6.39. The third-order valence-corrected chi connectivity index (χ3v) is 4.54. The van der Waals surface area contributed by atoms with E-state index in [1.165, 1.54) is 18.2 Å². The van der Waals surface area contributed by atoms with Crippen molar-refractivity contribution in [3.8, 4) is 0 Å². The van der Waals surface area contributed by atoms with Gasteiger partial charge in [0.05, 0.1) is 16.7 Å². The summed E-state index contributed by atoms with van der Waals surface area (Å²) >= 11 is 1.09. The van der Waals surface area contributed by atoms with Crippen molar-refractivity contribution in [1.29, 1.82) is 0 Å². The topological polar surface area (TPSA) is 136 Å². The SMILES string of the molecule is NC(=O)c1ccsc1NC(=O)COC(=O)CN1C(=O)c2ccccc2C1=O. The van der Waals surface area contributed by atoms with Crippen molar-refractivity contribution < 1.29 is 28.7 Å². The minimum absolute atomic E-state index is 0.144. The van der Waals surface area contributed by atoms with Gasteiger partial charge in [0.1, 0.15) is 11.5 Å². The second-order valence-electron chi connectivity index (χ2n) is 5.48. The third kappa shape index (κ3) is 3.70. The summed E-state index contributed by atoms with van der Waals surface area (Å²) in [4.78, 5) is 60.1. The Labute approximate surface area is 156 Å². The summed E-state index contributed by atoms with van der Waals surface area (Å²) in [5, 5.41) is 4.22. The smallest absolute Gasteiger partial charge is 0.326 e. The van der Waals surface area contributed by atoms with Crippen molar-refractivity contribution in [1.82, 2.24) is 4.90 Å². The highest BCUT2D eigenvalue weighted by Crippen LogP contribution is 2.23. The predicted octanol–water partition coefficient (Wildman–Crippen LogP) is 0.625. The van der Waals surface area contributed by atoms with Crippen molar-refractivity contribution in [2.75, 3.05) is 18.5 Å². The van der Waals surface area contributed by atoms with E-state index in [1.807, 2.05) is 0 Å². The van der Waals surface area contributed by atoms with Crippen molar-refractivity contribution in [3.63, 3.8) is 0 Å². The molecule has 1 aliphatic rings. The number of benzene rings is 1. The van der Waals surface area contributed by atoms with E-state index in [0.717, 1.165) is 16.2 Å². The summed E-state index contributed by atoms with van der Waals surface area (Å²) in [6, 6.07) is 7.66. The van der Waals surface area contributed by atoms with Gasteiger partial charge in [0.25, 0.3) is 23.6 Å². The standard InChI is InChI=1S/C17H13N3O6S/c18-14(23)11-5-6-27-15(11)19-12(21)8-26-13(22)7-20-16(24)9-3-1-2-4-10(9)17(20)25/h1-6H,7-8H2,(H2,18,23)(H,19,21). The fourth-order valence-corrected chi connectivity index (χ4v) is 3.27. The molecule has 0 radical (unpaired) electrons. The largest absolute Gasteiger partial charge is 0.454 e. The minimum Gasteiger partial charge on any atom is -0.454 e. The number of thiophene rings is 1. The second kappa shape index (κ2) is 7.38. The highest BCUT2D eigenvalue weighted by Gasteiger charge is 2.36. The van der Waals surface area contributed by atoms with Gasteiger partial charge in [-0.05, 0) is 23.6 Å². The molecule has 3 rings (SSSR count). The first-order chi connectivity index (χ1) is 12.9. The van der Waals surface area contributed by atoms with Gasteiger partial charge in [0, 0.05) is 0 Å². The van der Waals surface area contributed by atoms with Gasteiger partial charge in [-0.15, -0.1) is 11.3 Å².